The zero-order chi connectivity index (χ0) is 11.7. The molecule has 2 fully saturated rings. The van der Waals surface area contributed by atoms with Crippen molar-refractivity contribution in [3.8, 4) is 0 Å². The van der Waals surface area contributed by atoms with Gasteiger partial charge in [-0.2, -0.15) is 0 Å². The Morgan fingerprint density at radius 1 is 1.31 bits per heavy atom. The van der Waals surface area contributed by atoms with Gasteiger partial charge in [-0.3, -0.25) is 14.5 Å². The summed E-state index contributed by atoms with van der Waals surface area (Å²) in [5.41, 5.74) is 0. The number of carbonyl (C=O) groups is 3. The maximum atomic E-state index is 12.0. The van der Waals surface area contributed by atoms with E-state index in [1.54, 1.807) is 11.8 Å². The average Bonchev–Trinajstić information content (AvgIpc) is 2.87. The zero-order valence-corrected chi connectivity index (χ0v) is 9.23. The highest BCUT2D eigenvalue weighted by atomic mass is 16.2. The Kier molecular flexibility index (Phi) is 2.80. The minimum absolute atomic E-state index is 0.00352. The first-order valence-electron chi connectivity index (χ1n) is 5.50. The first-order chi connectivity index (χ1) is 7.61. The molecule has 2 saturated heterocycles. The highest BCUT2D eigenvalue weighted by molar-refractivity contribution is 6.05. The van der Waals surface area contributed by atoms with Crippen molar-refractivity contribution in [2.75, 3.05) is 19.6 Å². The average molecular weight is 225 g/mol. The largest absolute Gasteiger partial charge is 0.341 e. The fraction of sp³-hybridized carbons (Fsp3) is 0.700. The monoisotopic (exact) mass is 225 g/mol. The number of carbonyl (C=O) groups excluding carboxylic acids is 3. The van der Waals surface area contributed by atoms with Gasteiger partial charge < -0.3 is 10.2 Å². The lowest BCUT2D eigenvalue weighted by atomic mass is 10.2. The Morgan fingerprint density at radius 2 is 1.94 bits per heavy atom. The van der Waals surface area contributed by atoms with E-state index in [0.717, 1.165) is 30.8 Å². The van der Waals surface area contributed by atoms with Gasteiger partial charge in [-0.15, -0.1) is 0 Å². The van der Waals surface area contributed by atoms with E-state index in [1.165, 1.54) is 0 Å². The summed E-state index contributed by atoms with van der Waals surface area (Å²) in [5.74, 6) is -0.465. The van der Waals surface area contributed by atoms with Crippen LogP contribution in [0.5, 0.6) is 0 Å². The Bertz CT molecular complexity index is 320. The van der Waals surface area contributed by atoms with Crippen molar-refractivity contribution in [1.29, 1.82) is 0 Å². The fourth-order valence-electron chi connectivity index (χ4n) is 2.14. The molecule has 1 atom stereocenters. The number of urea groups is 1. The van der Waals surface area contributed by atoms with Crippen molar-refractivity contribution < 1.29 is 14.4 Å². The summed E-state index contributed by atoms with van der Waals surface area (Å²) in [5, 5.41) is 2.41. The molecule has 0 aromatic rings. The number of likely N-dealkylation sites (tertiary alicyclic amines) is 1. The standard InChI is InChI=1S/C10H15N3O3/c1-7(9(15)12-4-2-3-5-12)13-8(14)6-11-10(13)16/h7H,2-6H2,1H3,(H,11,16). The van der Waals surface area contributed by atoms with Crippen LogP contribution in [0.2, 0.25) is 0 Å². The van der Waals surface area contributed by atoms with Crippen LogP contribution in [-0.2, 0) is 9.59 Å². The Labute approximate surface area is 93.6 Å². The van der Waals surface area contributed by atoms with Gasteiger partial charge in [0.05, 0.1) is 6.54 Å². The van der Waals surface area contributed by atoms with Gasteiger partial charge in [-0.05, 0) is 19.8 Å². The summed E-state index contributed by atoms with van der Waals surface area (Å²) in [6.45, 7) is 3.06. The number of imide groups is 1. The third-order valence-corrected chi connectivity index (χ3v) is 3.04. The number of nitrogens with one attached hydrogen (secondary N) is 1. The molecule has 0 spiro atoms. The van der Waals surface area contributed by atoms with Crippen LogP contribution in [0.3, 0.4) is 0 Å². The minimum Gasteiger partial charge on any atom is -0.341 e. The molecule has 0 saturated carbocycles. The predicted octanol–water partition coefficient (Wildman–Crippen LogP) is -0.451. The van der Waals surface area contributed by atoms with E-state index in [2.05, 4.69) is 5.32 Å². The maximum Gasteiger partial charge on any atom is 0.325 e. The molecule has 1 N–H and O–H groups in total. The van der Waals surface area contributed by atoms with Crippen LogP contribution in [0, 0.1) is 0 Å². The molecular weight excluding hydrogens is 210 g/mol. The van der Waals surface area contributed by atoms with Crippen LogP contribution in [0.1, 0.15) is 19.8 Å². The van der Waals surface area contributed by atoms with Crippen LogP contribution in [0.25, 0.3) is 0 Å². The van der Waals surface area contributed by atoms with Gasteiger partial charge in [0.15, 0.2) is 0 Å². The van der Waals surface area contributed by atoms with E-state index in [0.29, 0.717) is 0 Å². The van der Waals surface area contributed by atoms with Crippen LogP contribution < -0.4 is 5.32 Å². The molecule has 6 nitrogen and oxygen atoms in total. The van der Waals surface area contributed by atoms with Crippen molar-refractivity contribution in [3.63, 3.8) is 0 Å². The molecule has 6 heteroatoms. The molecule has 16 heavy (non-hydrogen) atoms. The molecule has 2 heterocycles. The van der Waals surface area contributed by atoms with E-state index < -0.39 is 12.1 Å². The fourth-order valence-corrected chi connectivity index (χ4v) is 2.14. The number of amides is 4. The van der Waals surface area contributed by atoms with Crippen LogP contribution in [0.4, 0.5) is 4.79 Å². The molecule has 4 amide bonds. The number of hydrogen-bond donors (Lipinski definition) is 1. The van der Waals surface area contributed by atoms with Crippen LogP contribution in [-0.4, -0.2) is 53.3 Å². The van der Waals surface area contributed by atoms with E-state index in [-0.39, 0.29) is 18.4 Å². The van der Waals surface area contributed by atoms with E-state index >= 15 is 0 Å². The summed E-state index contributed by atoms with van der Waals surface area (Å²) in [6, 6.07) is -1.15. The van der Waals surface area contributed by atoms with Gasteiger partial charge in [0.1, 0.15) is 6.04 Å². The normalized spacial score (nSPS) is 22.6. The van der Waals surface area contributed by atoms with E-state index in [9.17, 15) is 14.4 Å². The molecule has 88 valence electrons. The van der Waals surface area contributed by atoms with Gasteiger partial charge in [0.2, 0.25) is 5.91 Å². The van der Waals surface area contributed by atoms with E-state index in [1.807, 2.05) is 0 Å². The zero-order valence-electron chi connectivity index (χ0n) is 9.23. The maximum absolute atomic E-state index is 12.0. The molecule has 2 aliphatic rings. The molecule has 0 aliphatic carbocycles. The highest BCUT2D eigenvalue weighted by Crippen LogP contribution is 2.13. The van der Waals surface area contributed by atoms with Gasteiger partial charge in [0, 0.05) is 13.1 Å². The molecule has 0 aromatic carbocycles. The van der Waals surface area contributed by atoms with Crippen molar-refractivity contribution in [2.24, 2.45) is 0 Å². The smallest absolute Gasteiger partial charge is 0.325 e. The van der Waals surface area contributed by atoms with Crippen LogP contribution in [0.15, 0.2) is 0 Å². The summed E-state index contributed by atoms with van der Waals surface area (Å²) in [4.78, 5) is 37.5. The van der Waals surface area contributed by atoms with Gasteiger partial charge in [-0.25, -0.2) is 4.79 Å². The summed E-state index contributed by atoms with van der Waals surface area (Å²) < 4.78 is 0. The first-order valence-corrected chi connectivity index (χ1v) is 5.50. The quantitative estimate of drug-likeness (QED) is 0.647. The number of nitrogens with zero attached hydrogens (tertiary/aromatic N) is 2. The third kappa shape index (κ3) is 1.75. The van der Waals surface area contributed by atoms with Crippen molar-refractivity contribution in [1.82, 2.24) is 15.1 Å². The minimum atomic E-state index is -0.687. The second-order valence-corrected chi connectivity index (χ2v) is 4.13. The third-order valence-electron chi connectivity index (χ3n) is 3.04. The molecule has 0 aromatic heterocycles. The molecule has 2 rings (SSSR count). The van der Waals surface area contributed by atoms with Crippen LogP contribution >= 0.6 is 0 Å². The highest BCUT2D eigenvalue weighted by Gasteiger charge is 2.38. The second-order valence-electron chi connectivity index (χ2n) is 4.13. The Hall–Kier alpha value is -1.59. The number of hydrogen-bond acceptors (Lipinski definition) is 3. The summed E-state index contributed by atoms with van der Waals surface area (Å²) >= 11 is 0. The van der Waals surface area contributed by atoms with Gasteiger partial charge in [-0.1, -0.05) is 0 Å². The summed E-state index contributed by atoms with van der Waals surface area (Å²) in [7, 11) is 0. The lowest BCUT2D eigenvalue weighted by molar-refractivity contribution is -0.139. The topological polar surface area (TPSA) is 69.7 Å². The van der Waals surface area contributed by atoms with Crippen molar-refractivity contribution >= 4 is 17.8 Å². The van der Waals surface area contributed by atoms with Gasteiger partial charge >= 0.3 is 6.03 Å². The SMILES string of the molecule is CC(C(=O)N1CCCC1)N1C(=O)CNC1=O. The predicted molar refractivity (Wildman–Crippen MR) is 55.5 cm³/mol. The molecular formula is C10H15N3O3. The van der Waals surface area contributed by atoms with Crippen molar-refractivity contribution in [2.45, 2.75) is 25.8 Å². The molecule has 1 unspecified atom stereocenters. The molecule has 2 aliphatic heterocycles. The summed E-state index contributed by atoms with van der Waals surface area (Å²) in [6.07, 6.45) is 2.00. The van der Waals surface area contributed by atoms with Crippen molar-refractivity contribution in [3.05, 3.63) is 0 Å². The lowest BCUT2D eigenvalue weighted by Gasteiger charge is -2.25. The molecule has 0 bridgehead atoms. The number of rotatable bonds is 2. The lowest BCUT2D eigenvalue weighted by Crippen LogP contribution is -2.49. The molecule has 0 radical (unpaired) electrons. The first kappa shape index (κ1) is 10.9. The van der Waals surface area contributed by atoms with Gasteiger partial charge in [0.25, 0.3) is 5.91 Å². The van der Waals surface area contributed by atoms with E-state index in [4.69, 9.17) is 0 Å². The Morgan fingerprint density at radius 3 is 2.44 bits per heavy atom. The second kappa shape index (κ2) is 4.11. The Balaban J connectivity index is 2.05.